The van der Waals surface area contributed by atoms with Crippen LogP contribution in [0.2, 0.25) is 0 Å². The quantitative estimate of drug-likeness (QED) is 0.690. The van der Waals surface area contributed by atoms with Crippen LogP contribution in [-0.2, 0) is 0 Å². The van der Waals surface area contributed by atoms with Crippen LogP contribution in [0.15, 0.2) is 24.3 Å². The zero-order valence-electron chi connectivity index (χ0n) is 7.99. The maximum absolute atomic E-state index is 2.31. The van der Waals surface area contributed by atoms with E-state index in [-0.39, 0.29) is 0 Å². The van der Waals surface area contributed by atoms with Crippen LogP contribution in [0.25, 0.3) is 0 Å². The minimum absolute atomic E-state index is 0.676. The zero-order valence-corrected chi connectivity index (χ0v) is 9.62. The summed E-state index contributed by atoms with van der Waals surface area (Å²) in [5.74, 6) is 1.29. The molecular formula is C11H14S2. The predicted molar refractivity (Wildman–Crippen MR) is 63.4 cm³/mol. The van der Waals surface area contributed by atoms with E-state index >= 15 is 0 Å². The third-order valence-corrected chi connectivity index (χ3v) is 5.56. The molecule has 0 nitrogen and oxygen atoms in total. The van der Waals surface area contributed by atoms with Gasteiger partial charge in [0.15, 0.2) is 0 Å². The number of rotatable bonds is 1. The first kappa shape index (κ1) is 9.47. The van der Waals surface area contributed by atoms with Crippen molar-refractivity contribution in [3.05, 3.63) is 35.4 Å². The largest absolute Gasteiger partial charge is 0.142 e. The van der Waals surface area contributed by atoms with Crippen LogP contribution in [0.4, 0.5) is 0 Å². The van der Waals surface area contributed by atoms with Crippen molar-refractivity contribution < 1.29 is 0 Å². The van der Waals surface area contributed by atoms with E-state index in [1.165, 1.54) is 16.9 Å². The summed E-state index contributed by atoms with van der Waals surface area (Å²) < 4.78 is 0.676. The summed E-state index contributed by atoms with van der Waals surface area (Å²) in [6.07, 6.45) is 0. The van der Waals surface area contributed by atoms with Gasteiger partial charge in [0.25, 0.3) is 0 Å². The van der Waals surface area contributed by atoms with E-state index < -0.39 is 0 Å². The molecule has 2 heteroatoms. The predicted octanol–water partition coefficient (Wildman–Crippen LogP) is 3.86. The summed E-state index contributed by atoms with van der Waals surface area (Å²) in [4.78, 5) is 0. The molecule has 0 aliphatic carbocycles. The van der Waals surface area contributed by atoms with Gasteiger partial charge in [0.2, 0.25) is 0 Å². The molecule has 13 heavy (non-hydrogen) atoms. The Labute approximate surface area is 88.5 Å². The Hall–Kier alpha value is -0.0800. The molecule has 0 aromatic heterocycles. The van der Waals surface area contributed by atoms with Crippen molar-refractivity contribution in [3.8, 4) is 0 Å². The smallest absolute Gasteiger partial charge is 0.0754 e. The van der Waals surface area contributed by atoms with Crippen molar-refractivity contribution in [2.75, 3.05) is 5.75 Å². The Morgan fingerprint density at radius 2 is 1.92 bits per heavy atom. The van der Waals surface area contributed by atoms with Crippen molar-refractivity contribution in [1.29, 1.82) is 0 Å². The lowest BCUT2D eigenvalue weighted by Gasteiger charge is -2.08. The molecule has 1 aliphatic heterocycles. The maximum atomic E-state index is 2.31. The van der Waals surface area contributed by atoms with Gasteiger partial charge in [-0.2, -0.15) is 0 Å². The summed E-state index contributed by atoms with van der Waals surface area (Å²) in [6.45, 7) is 4.45. The molecule has 0 bridgehead atoms. The highest BCUT2D eigenvalue weighted by Crippen LogP contribution is 2.48. The van der Waals surface area contributed by atoms with Crippen LogP contribution >= 0.6 is 23.5 Å². The Morgan fingerprint density at radius 1 is 1.23 bits per heavy atom. The second kappa shape index (κ2) is 3.97. The van der Waals surface area contributed by atoms with Gasteiger partial charge in [-0.1, -0.05) is 36.8 Å². The molecule has 1 heterocycles. The van der Waals surface area contributed by atoms with Crippen molar-refractivity contribution in [2.45, 2.75) is 23.7 Å². The molecule has 2 rings (SSSR count). The van der Waals surface area contributed by atoms with E-state index in [4.69, 9.17) is 0 Å². The standard InChI is InChI=1S/C11H14S2/c1-8-3-5-10(6-4-8)11-12-7-9(2)13-11/h3-6,9,11H,7H2,1-2H3. The Kier molecular flexibility index (Phi) is 2.89. The average molecular weight is 210 g/mol. The van der Waals surface area contributed by atoms with Gasteiger partial charge < -0.3 is 0 Å². The maximum Gasteiger partial charge on any atom is 0.0754 e. The Bertz CT molecular complexity index is 279. The molecule has 1 aliphatic rings. The van der Waals surface area contributed by atoms with Crippen LogP contribution in [0.3, 0.4) is 0 Å². The Morgan fingerprint density at radius 3 is 2.46 bits per heavy atom. The molecule has 0 radical (unpaired) electrons. The minimum atomic E-state index is 0.676. The number of thioether (sulfide) groups is 2. The molecular weight excluding hydrogens is 196 g/mol. The van der Waals surface area contributed by atoms with E-state index in [9.17, 15) is 0 Å². The SMILES string of the molecule is Cc1ccc(C2SCC(C)S2)cc1. The average Bonchev–Trinajstić information content (AvgIpc) is 2.53. The van der Waals surface area contributed by atoms with E-state index in [0.717, 1.165) is 5.25 Å². The summed E-state index contributed by atoms with van der Waals surface area (Å²) in [5, 5.41) is 0.816. The normalized spacial score (nSPS) is 27.8. The lowest BCUT2D eigenvalue weighted by atomic mass is 10.2. The van der Waals surface area contributed by atoms with E-state index in [1.54, 1.807) is 0 Å². The lowest BCUT2D eigenvalue weighted by molar-refractivity contribution is 1.15. The topological polar surface area (TPSA) is 0 Å². The fourth-order valence-electron chi connectivity index (χ4n) is 1.41. The summed E-state index contributed by atoms with van der Waals surface area (Å²) in [7, 11) is 0. The van der Waals surface area contributed by atoms with E-state index in [1.807, 2.05) is 0 Å². The van der Waals surface area contributed by atoms with Crippen molar-refractivity contribution in [2.24, 2.45) is 0 Å². The van der Waals surface area contributed by atoms with Crippen LogP contribution < -0.4 is 0 Å². The van der Waals surface area contributed by atoms with Crippen LogP contribution in [-0.4, -0.2) is 11.0 Å². The van der Waals surface area contributed by atoms with Crippen LogP contribution in [0, 0.1) is 6.92 Å². The monoisotopic (exact) mass is 210 g/mol. The fourth-order valence-corrected chi connectivity index (χ4v) is 4.61. The van der Waals surface area contributed by atoms with Crippen molar-refractivity contribution in [3.63, 3.8) is 0 Å². The van der Waals surface area contributed by atoms with Gasteiger partial charge in [-0.05, 0) is 12.5 Å². The molecule has 1 fully saturated rings. The highest BCUT2D eigenvalue weighted by molar-refractivity contribution is 8.19. The second-order valence-corrected chi connectivity index (χ2v) is 6.51. The number of aryl methyl sites for hydroxylation is 1. The molecule has 2 atom stereocenters. The summed E-state index contributed by atoms with van der Waals surface area (Å²) >= 11 is 4.16. The number of hydrogen-bond acceptors (Lipinski definition) is 2. The fraction of sp³-hybridized carbons (Fsp3) is 0.455. The third kappa shape index (κ3) is 2.23. The second-order valence-electron chi connectivity index (χ2n) is 3.52. The van der Waals surface area contributed by atoms with Gasteiger partial charge in [-0.15, -0.1) is 23.5 Å². The number of benzene rings is 1. The van der Waals surface area contributed by atoms with E-state index in [0.29, 0.717) is 4.58 Å². The number of hydrogen-bond donors (Lipinski definition) is 0. The first-order chi connectivity index (χ1) is 6.25. The van der Waals surface area contributed by atoms with E-state index in [2.05, 4.69) is 61.6 Å². The van der Waals surface area contributed by atoms with Crippen LogP contribution in [0.5, 0.6) is 0 Å². The molecule has 1 aromatic carbocycles. The van der Waals surface area contributed by atoms with Crippen LogP contribution in [0.1, 0.15) is 22.6 Å². The molecule has 0 amide bonds. The third-order valence-electron chi connectivity index (χ3n) is 2.19. The highest BCUT2D eigenvalue weighted by Gasteiger charge is 2.23. The van der Waals surface area contributed by atoms with Crippen molar-refractivity contribution >= 4 is 23.5 Å². The first-order valence-corrected chi connectivity index (χ1v) is 6.58. The molecule has 70 valence electrons. The van der Waals surface area contributed by atoms with Gasteiger partial charge in [0, 0.05) is 11.0 Å². The molecule has 1 aromatic rings. The molecule has 0 saturated carbocycles. The molecule has 1 saturated heterocycles. The lowest BCUT2D eigenvalue weighted by Crippen LogP contribution is -1.89. The summed E-state index contributed by atoms with van der Waals surface area (Å²) in [5.41, 5.74) is 2.83. The van der Waals surface area contributed by atoms with Gasteiger partial charge in [0.05, 0.1) is 4.58 Å². The zero-order chi connectivity index (χ0) is 9.26. The Balaban J connectivity index is 2.13. The minimum Gasteiger partial charge on any atom is -0.142 e. The molecule has 0 spiro atoms. The molecule has 0 N–H and O–H groups in total. The molecule has 2 unspecified atom stereocenters. The van der Waals surface area contributed by atoms with Gasteiger partial charge >= 0.3 is 0 Å². The van der Waals surface area contributed by atoms with Gasteiger partial charge in [-0.3, -0.25) is 0 Å². The van der Waals surface area contributed by atoms with Crippen molar-refractivity contribution in [1.82, 2.24) is 0 Å². The van der Waals surface area contributed by atoms with Gasteiger partial charge in [0.1, 0.15) is 0 Å². The first-order valence-electron chi connectivity index (χ1n) is 4.59. The van der Waals surface area contributed by atoms with Gasteiger partial charge in [-0.25, -0.2) is 0 Å². The summed E-state index contributed by atoms with van der Waals surface area (Å²) in [6, 6.07) is 8.94. The highest BCUT2D eigenvalue weighted by atomic mass is 32.2.